The number of aryl methyl sites for hydroxylation is 1. The van der Waals surface area contributed by atoms with Crippen LogP contribution in [0.15, 0.2) is 36.4 Å². The van der Waals surface area contributed by atoms with Gasteiger partial charge >= 0.3 is 0 Å². The fourth-order valence-corrected chi connectivity index (χ4v) is 2.39. The monoisotopic (exact) mass is 293 g/mol. The molecule has 1 nitrogen and oxygen atoms in total. The molecular formula is C17H18F3N. The van der Waals surface area contributed by atoms with Gasteiger partial charge in [-0.15, -0.1) is 0 Å². The molecule has 0 amide bonds. The predicted molar refractivity (Wildman–Crippen MR) is 77.6 cm³/mol. The van der Waals surface area contributed by atoms with Crippen LogP contribution < -0.4 is 5.32 Å². The Morgan fingerprint density at radius 1 is 1.05 bits per heavy atom. The summed E-state index contributed by atoms with van der Waals surface area (Å²) in [6.45, 7) is 4.29. The van der Waals surface area contributed by atoms with Crippen LogP contribution in [0.4, 0.5) is 13.2 Å². The van der Waals surface area contributed by atoms with E-state index in [1.165, 1.54) is 30.3 Å². The molecule has 0 heterocycles. The molecule has 0 aliphatic heterocycles. The van der Waals surface area contributed by atoms with Gasteiger partial charge < -0.3 is 5.32 Å². The highest BCUT2D eigenvalue weighted by Gasteiger charge is 2.22. The second-order valence-electron chi connectivity index (χ2n) is 5.08. The molecule has 0 saturated carbocycles. The van der Waals surface area contributed by atoms with Gasteiger partial charge in [-0.2, -0.15) is 0 Å². The fourth-order valence-electron chi connectivity index (χ4n) is 2.39. The maximum absolute atomic E-state index is 14.0. The van der Waals surface area contributed by atoms with Crippen LogP contribution in [-0.4, -0.2) is 6.54 Å². The molecule has 2 aromatic rings. The minimum absolute atomic E-state index is 0.0732. The van der Waals surface area contributed by atoms with Crippen LogP contribution in [0.2, 0.25) is 0 Å². The average molecular weight is 293 g/mol. The lowest BCUT2D eigenvalue weighted by atomic mass is 9.96. The van der Waals surface area contributed by atoms with E-state index in [1.54, 1.807) is 13.0 Å². The minimum atomic E-state index is -0.708. The zero-order chi connectivity index (χ0) is 15.4. The summed E-state index contributed by atoms with van der Waals surface area (Å²) in [7, 11) is 0. The molecule has 0 bridgehead atoms. The van der Waals surface area contributed by atoms with E-state index in [-0.39, 0.29) is 5.56 Å². The van der Waals surface area contributed by atoms with Crippen molar-refractivity contribution in [3.05, 3.63) is 70.5 Å². The summed E-state index contributed by atoms with van der Waals surface area (Å²) in [4.78, 5) is 0. The Bertz CT molecular complexity index is 585. The Morgan fingerprint density at radius 2 is 1.71 bits per heavy atom. The molecular weight excluding hydrogens is 275 g/mol. The van der Waals surface area contributed by atoms with Gasteiger partial charge in [-0.25, -0.2) is 13.2 Å². The summed E-state index contributed by atoms with van der Waals surface area (Å²) in [6.07, 6.45) is 0.806. The van der Waals surface area contributed by atoms with E-state index in [2.05, 4.69) is 5.32 Å². The van der Waals surface area contributed by atoms with Crippen molar-refractivity contribution in [2.45, 2.75) is 26.3 Å². The topological polar surface area (TPSA) is 12.0 Å². The third-order valence-corrected chi connectivity index (χ3v) is 3.28. The van der Waals surface area contributed by atoms with E-state index >= 15 is 0 Å². The summed E-state index contributed by atoms with van der Waals surface area (Å²) in [6, 6.07) is 7.48. The lowest BCUT2D eigenvalue weighted by molar-refractivity contribution is 0.501. The van der Waals surface area contributed by atoms with E-state index in [1.807, 2.05) is 6.92 Å². The normalized spacial score (nSPS) is 12.4. The van der Waals surface area contributed by atoms with Crippen LogP contribution in [0.3, 0.4) is 0 Å². The molecule has 2 rings (SSSR count). The molecule has 4 heteroatoms. The van der Waals surface area contributed by atoms with Gasteiger partial charge in [0.1, 0.15) is 17.5 Å². The van der Waals surface area contributed by atoms with Crippen molar-refractivity contribution in [1.29, 1.82) is 0 Å². The molecule has 0 aromatic heterocycles. The highest BCUT2D eigenvalue weighted by atomic mass is 19.1. The van der Waals surface area contributed by atoms with Crippen LogP contribution in [0.1, 0.15) is 36.1 Å². The SMILES string of the molecule is CCCNC(c1cc(C)cc(F)c1)c1c(F)cccc1F. The van der Waals surface area contributed by atoms with Crippen molar-refractivity contribution in [2.24, 2.45) is 0 Å². The van der Waals surface area contributed by atoms with Crippen molar-refractivity contribution >= 4 is 0 Å². The lowest BCUT2D eigenvalue weighted by Crippen LogP contribution is -2.25. The van der Waals surface area contributed by atoms with Crippen LogP contribution >= 0.6 is 0 Å². The van der Waals surface area contributed by atoms with Crippen LogP contribution in [0.5, 0.6) is 0 Å². The van der Waals surface area contributed by atoms with Crippen molar-refractivity contribution in [1.82, 2.24) is 5.32 Å². The first-order valence-electron chi connectivity index (χ1n) is 6.97. The molecule has 0 radical (unpaired) electrons. The number of nitrogens with one attached hydrogen (secondary N) is 1. The molecule has 1 unspecified atom stereocenters. The van der Waals surface area contributed by atoms with E-state index in [4.69, 9.17) is 0 Å². The summed E-state index contributed by atoms with van der Waals surface area (Å²) in [5, 5.41) is 3.09. The first-order chi connectivity index (χ1) is 10.0. The molecule has 0 spiro atoms. The molecule has 2 aromatic carbocycles. The Labute approximate surface area is 122 Å². The summed E-state index contributed by atoms with van der Waals surface area (Å²) < 4.78 is 41.7. The first kappa shape index (κ1) is 15.6. The first-order valence-corrected chi connectivity index (χ1v) is 6.97. The molecule has 0 aliphatic carbocycles. The quantitative estimate of drug-likeness (QED) is 0.855. The van der Waals surface area contributed by atoms with Crippen molar-refractivity contribution in [2.75, 3.05) is 6.54 Å². The maximum Gasteiger partial charge on any atom is 0.131 e. The molecule has 1 N–H and O–H groups in total. The van der Waals surface area contributed by atoms with Crippen molar-refractivity contribution in [3.63, 3.8) is 0 Å². The van der Waals surface area contributed by atoms with Crippen LogP contribution in [0, 0.1) is 24.4 Å². The fraction of sp³-hybridized carbons (Fsp3) is 0.294. The third-order valence-electron chi connectivity index (χ3n) is 3.28. The number of hydrogen-bond donors (Lipinski definition) is 1. The number of benzene rings is 2. The van der Waals surface area contributed by atoms with Gasteiger partial charge in [0.2, 0.25) is 0 Å². The largest absolute Gasteiger partial charge is 0.306 e. The second-order valence-corrected chi connectivity index (χ2v) is 5.08. The van der Waals surface area contributed by atoms with Gasteiger partial charge in [-0.1, -0.05) is 19.1 Å². The molecule has 21 heavy (non-hydrogen) atoms. The highest BCUT2D eigenvalue weighted by Crippen LogP contribution is 2.28. The Balaban J connectivity index is 2.52. The van der Waals surface area contributed by atoms with Crippen LogP contribution in [0.25, 0.3) is 0 Å². The summed E-state index contributed by atoms with van der Waals surface area (Å²) in [5.41, 5.74) is 1.16. The minimum Gasteiger partial charge on any atom is -0.306 e. The van der Waals surface area contributed by atoms with E-state index in [9.17, 15) is 13.2 Å². The van der Waals surface area contributed by atoms with Gasteiger partial charge in [-0.3, -0.25) is 0 Å². The van der Waals surface area contributed by atoms with Gasteiger partial charge in [0.25, 0.3) is 0 Å². The molecule has 0 fully saturated rings. The lowest BCUT2D eigenvalue weighted by Gasteiger charge is -2.21. The molecule has 1 atom stereocenters. The smallest absolute Gasteiger partial charge is 0.131 e. The summed E-state index contributed by atoms with van der Waals surface area (Å²) in [5.74, 6) is -1.68. The van der Waals surface area contributed by atoms with Gasteiger partial charge in [0.05, 0.1) is 6.04 Å². The average Bonchev–Trinajstić information content (AvgIpc) is 2.41. The molecule has 0 aliphatic rings. The highest BCUT2D eigenvalue weighted by molar-refractivity contribution is 5.36. The number of halogens is 3. The Hall–Kier alpha value is -1.81. The van der Waals surface area contributed by atoms with Gasteiger partial charge in [0.15, 0.2) is 0 Å². The standard InChI is InChI=1S/C17H18F3N/c1-3-7-21-17(12-8-11(2)9-13(18)10-12)16-14(19)5-4-6-15(16)20/h4-6,8-10,17,21H,3,7H2,1-2H3. The Kier molecular flexibility index (Phi) is 5.02. The van der Waals surface area contributed by atoms with Gasteiger partial charge in [-0.05, 0) is 55.3 Å². The predicted octanol–water partition coefficient (Wildman–Crippen LogP) is 4.50. The number of hydrogen-bond acceptors (Lipinski definition) is 1. The van der Waals surface area contributed by atoms with Crippen LogP contribution in [-0.2, 0) is 0 Å². The maximum atomic E-state index is 14.0. The molecule has 112 valence electrons. The zero-order valence-electron chi connectivity index (χ0n) is 12.1. The zero-order valence-corrected chi connectivity index (χ0v) is 12.1. The van der Waals surface area contributed by atoms with E-state index in [0.29, 0.717) is 17.7 Å². The third kappa shape index (κ3) is 3.64. The summed E-state index contributed by atoms with van der Waals surface area (Å²) >= 11 is 0. The van der Waals surface area contributed by atoms with Crippen molar-refractivity contribution < 1.29 is 13.2 Å². The second kappa shape index (κ2) is 6.76. The van der Waals surface area contributed by atoms with Gasteiger partial charge in [0, 0.05) is 5.56 Å². The molecule has 0 saturated heterocycles. The van der Waals surface area contributed by atoms with E-state index in [0.717, 1.165) is 6.42 Å². The van der Waals surface area contributed by atoms with E-state index < -0.39 is 23.5 Å². The Morgan fingerprint density at radius 3 is 2.29 bits per heavy atom. The number of rotatable bonds is 5. The van der Waals surface area contributed by atoms with Crippen molar-refractivity contribution in [3.8, 4) is 0 Å².